The molecule has 164 valence electrons. The highest BCUT2D eigenvalue weighted by Crippen LogP contribution is 2.33. The molecule has 4 rings (SSSR count). The van der Waals surface area contributed by atoms with Crippen LogP contribution in [-0.2, 0) is 14.9 Å². The number of hydrogen-bond acceptors (Lipinski definition) is 6. The van der Waals surface area contributed by atoms with E-state index in [1.165, 1.54) is 11.1 Å². The van der Waals surface area contributed by atoms with E-state index in [2.05, 4.69) is 48.1 Å². The molecule has 6 nitrogen and oxygen atoms in total. The average molecular weight is 423 g/mol. The van der Waals surface area contributed by atoms with Crippen LogP contribution in [-0.4, -0.2) is 51.3 Å². The lowest BCUT2D eigenvalue weighted by molar-refractivity contribution is 0.297. The van der Waals surface area contributed by atoms with Gasteiger partial charge in [0.25, 0.3) is 0 Å². The summed E-state index contributed by atoms with van der Waals surface area (Å²) in [5.74, 6) is 3.31. The Bertz CT molecular complexity index is 842. The number of rotatable bonds is 10. The van der Waals surface area contributed by atoms with E-state index in [-0.39, 0.29) is 5.41 Å². The van der Waals surface area contributed by atoms with Crippen molar-refractivity contribution in [1.82, 2.24) is 0 Å². The lowest BCUT2D eigenvalue weighted by Gasteiger charge is -2.26. The molecule has 2 aromatic rings. The molecule has 0 aromatic heterocycles. The van der Waals surface area contributed by atoms with Gasteiger partial charge in [0.2, 0.25) is 0 Å². The number of benzene rings is 2. The lowest BCUT2D eigenvalue weighted by Crippen LogP contribution is -2.18. The van der Waals surface area contributed by atoms with E-state index in [9.17, 15) is 0 Å². The van der Waals surface area contributed by atoms with E-state index in [1.807, 2.05) is 24.3 Å². The van der Waals surface area contributed by atoms with E-state index in [4.69, 9.17) is 18.9 Å². The topological polar surface area (TPSA) is 61.6 Å². The first-order valence-corrected chi connectivity index (χ1v) is 10.9. The Morgan fingerprint density at radius 1 is 0.710 bits per heavy atom. The maximum absolute atomic E-state index is 5.84. The van der Waals surface area contributed by atoms with Crippen LogP contribution in [0.4, 0.5) is 0 Å². The molecule has 0 amide bonds. The first kappa shape index (κ1) is 21.2. The van der Waals surface area contributed by atoms with Gasteiger partial charge in [-0.15, -0.1) is 0 Å². The SMILES string of the molecule is CC(C)(c1ccc(OCCC2=NCCO2)cc1)c1ccc(OCCC2=NCCO2)cc1. The predicted molar refractivity (Wildman–Crippen MR) is 122 cm³/mol. The molecule has 0 saturated heterocycles. The summed E-state index contributed by atoms with van der Waals surface area (Å²) in [5, 5.41) is 0. The summed E-state index contributed by atoms with van der Waals surface area (Å²) in [4.78, 5) is 8.56. The molecule has 0 unspecified atom stereocenters. The van der Waals surface area contributed by atoms with E-state index in [1.54, 1.807) is 0 Å². The van der Waals surface area contributed by atoms with Crippen molar-refractivity contribution in [2.75, 3.05) is 39.5 Å². The molecule has 0 atom stereocenters. The van der Waals surface area contributed by atoms with E-state index in [0.29, 0.717) is 39.3 Å². The Hall–Kier alpha value is -3.02. The second-order valence-corrected chi connectivity index (χ2v) is 8.12. The first-order valence-electron chi connectivity index (χ1n) is 10.9. The zero-order valence-electron chi connectivity index (χ0n) is 18.3. The van der Waals surface area contributed by atoms with E-state index >= 15 is 0 Å². The van der Waals surface area contributed by atoms with Crippen molar-refractivity contribution in [3.63, 3.8) is 0 Å². The fraction of sp³-hybridized carbons (Fsp3) is 0.440. The molecular formula is C25H30N2O4. The van der Waals surface area contributed by atoms with Crippen LogP contribution in [0.25, 0.3) is 0 Å². The van der Waals surface area contributed by atoms with Gasteiger partial charge in [-0.05, 0) is 35.4 Å². The van der Waals surface area contributed by atoms with Crippen LogP contribution >= 0.6 is 0 Å². The molecule has 2 aromatic carbocycles. The minimum absolute atomic E-state index is 0.129. The van der Waals surface area contributed by atoms with Crippen LogP contribution in [0.3, 0.4) is 0 Å². The highest BCUT2D eigenvalue weighted by atomic mass is 16.5. The van der Waals surface area contributed by atoms with Crippen molar-refractivity contribution < 1.29 is 18.9 Å². The Morgan fingerprint density at radius 3 is 1.48 bits per heavy atom. The largest absolute Gasteiger partial charge is 0.493 e. The van der Waals surface area contributed by atoms with Crippen LogP contribution < -0.4 is 9.47 Å². The Kier molecular flexibility index (Phi) is 6.75. The minimum atomic E-state index is -0.129. The Labute approximate surface area is 183 Å². The maximum atomic E-state index is 5.84. The third kappa shape index (κ3) is 5.57. The summed E-state index contributed by atoms with van der Waals surface area (Å²) >= 11 is 0. The van der Waals surface area contributed by atoms with Crippen molar-refractivity contribution in [2.24, 2.45) is 9.98 Å². The highest BCUT2D eigenvalue weighted by Gasteiger charge is 2.23. The average Bonchev–Trinajstić information content (AvgIpc) is 3.49. The van der Waals surface area contributed by atoms with E-state index in [0.717, 1.165) is 36.4 Å². The number of hydrogen-bond donors (Lipinski definition) is 0. The van der Waals surface area contributed by atoms with Crippen molar-refractivity contribution in [2.45, 2.75) is 32.1 Å². The van der Waals surface area contributed by atoms with Gasteiger partial charge in [0.1, 0.15) is 24.7 Å². The molecule has 0 fully saturated rings. The summed E-state index contributed by atoms with van der Waals surface area (Å²) in [7, 11) is 0. The second-order valence-electron chi connectivity index (χ2n) is 8.12. The molecule has 2 heterocycles. The van der Waals surface area contributed by atoms with Gasteiger partial charge < -0.3 is 18.9 Å². The van der Waals surface area contributed by atoms with Crippen molar-refractivity contribution in [1.29, 1.82) is 0 Å². The van der Waals surface area contributed by atoms with Crippen LogP contribution in [0.5, 0.6) is 11.5 Å². The van der Waals surface area contributed by atoms with Gasteiger partial charge in [0, 0.05) is 5.41 Å². The smallest absolute Gasteiger partial charge is 0.186 e. The lowest BCUT2D eigenvalue weighted by atomic mass is 9.78. The predicted octanol–water partition coefficient (Wildman–Crippen LogP) is 4.41. The molecule has 6 heteroatoms. The molecule has 0 saturated carbocycles. The van der Waals surface area contributed by atoms with Gasteiger partial charge in [0.05, 0.1) is 39.1 Å². The minimum Gasteiger partial charge on any atom is -0.493 e. The summed E-state index contributed by atoms with van der Waals surface area (Å²) < 4.78 is 22.5. The van der Waals surface area contributed by atoms with Crippen LogP contribution in [0, 0.1) is 0 Å². The zero-order valence-corrected chi connectivity index (χ0v) is 18.3. The van der Waals surface area contributed by atoms with Crippen molar-refractivity contribution in [3.05, 3.63) is 59.7 Å². The summed E-state index contributed by atoms with van der Waals surface area (Å²) in [5.41, 5.74) is 2.33. The molecule has 2 aliphatic heterocycles. The first-order chi connectivity index (χ1) is 15.1. The summed E-state index contributed by atoms with van der Waals surface area (Å²) in [6.07, 6.45) is 1.42. The summed E-state index contributed by atoms with van der Waals surface area (Å²) in [6, 6.07) is 16.6. The Balaban J connectivity index is 1.30. The molecule has 31 heavy (non-hydrogen) atoms. The van der Waals surface area contributed by atoms with Gasteiger partial charge in [0.15, 0.2) is 11.8 Å². The molecule has 0 N–H and O–H groups in total. The Morgan fingerprint density at radius 2 is 1.13 bits per heavy atom. The van der Waals surface area contributed by atoms with Crippen LogP contribution in [0.2, 0.25) is 0 Å². The molecule has 0 radical (unpaired) electrons. The van der Waals surface area contributed by atoms with Crippen molar-refractivity contribution in [3.8, 4) is 11.5 Å². The van der Waals surface area contributed by atoms with Gasteiger partial charge in [-0.2, -0.15) is 0 Å². The summed E-state index contributed by atoms with van der Waals surface area (Å²) in [6.45, 7) is 8.50. The molecule has 2 aliphatic rings. The van der Waals surface area contributed by atoms with Gasteiger partial charge >= 0.3 is 0 Å². The normalized spacial score (nSPS) is 15.7. The van der Waals surface area contributed by atoms with Crippen LogP contribution in [0.15, 0.2) is 58.5 Å². The van der Waals surface area contributed by atoms with Crippen LogP contribution in [0.1, 0.15) is 37.8 Å². The van der Waals surface area contributed by atoms with Gasteiger partial charge in [-0.1, -0.05) is 38.1 Å². The number of ether oxygens (including phenoxy) is 4. The van der Waals surface area contributed by atoms with Crippen molar-refractivity contribution >= 4 is 11.8 Å². The zero-order chi connectivity index (χ0) is 21.5. The highest BCUT2D eigenvalue weighted by molar-refractivity contribution is 5.77. The third-order valence-corrected chi connectivity index (χ3v) is 5.62. The number of aliphatic imine (C=N–C) groups is 2. The van der Waals surface area contributed by atoms with Gasteiger partial charge in [-0.25, -0.2) is 0 Å². The maximum Gasteiger partial charge on any atom is 0.186 e. The monoisotopic (exact) mass is 422 g/mol. The standard InChI is InChI=1S/C25H30N2O4/c1-25(2,19-3-7-21(8-4-19)28-15-11-23-26-13-17-30-23)20-5-9-22(10-6-20)29-16-12-24-27-14-18-31-24/h3-10H,11-18H2,1-2H3. The third-order valence-electron chi connectivity index (χ3n) is 5.62. The number of nitrogens with zero attached hydrogens (tertiary/aromatic N) is 2. The fourth-order valence-electron chi connectivity index (χ4n) is 3.68. The van der Waals surface area contributed by atoms with E-state index < -0.39 is 0 Å². The fourth-order valence-corrected chi connectivity index (χ4v) is 3.68. The van der Waals surface area contributed by atoms with Gasteiger partial charge in [-0.3, -0.25) is 9.98 Å². The molecule has 0 aliphatic carbocycles. The molecule has 0 spiro atoms. The molecule has 0 bridgehead atoms. The quantitative estimate of drug-likeness (QED) is 0.569. The second kappa shape index (κ2) is 9.86. The molecular weight excluding hydrogens is 392 g/mol.